The second-order valence-corrected chi connectivity index (χ2v) is 40.5. The van der Waals surface area contributed by atoms with Crippen LogP contribution < -0.4 is 5.73 Å². The zero-order valence-electron chi connectivity index (χ0n) is 5.66. The van der Waals surface area contributed by atoms with Crippen molar-refractivity contribution in [3.63, 3.8) is 0 Å². The average molecular weight is 366 g/mol. The number of hydrogen-bond donors (Lipinski definition) is 1. The van der Waals surface area contributed by atoms with E-state index in [1.54, 1.807) is 0 Å². The predicted octanol–water partition coefficient (Wildman–Crippen LogP) is 2.59. The van der Waals surface area contributed by atoms with Gasteiger partial charge in [-0.25, -0.2) is 0 Å². The molecular formula is C5H13Br2NSn. The molecule has 4 heteroatoms. The first kappa shape index (κ1) is 10.7. The molecule has 1 nitrogen and oxygen atoms in total. The molecule has 0 aromatic heterocycles. The summed E-state index contributed by atoms with van der Waals surface area (Å²) in [6.07, 6.45) is 2.45. The van der Waals surface area contributed by atoms with E-state index >= 15 is 0 Å². The molecular weight excluding hydrogens is 353 g/mol. The maximum atomic E-state index is 5.35. The third-order valence-electron chi connectivity index (χ3n) is 1.07. The molecule has 0 fully saturated rings. The normalized spacial score (nSPS) is 12.0. The van der Waals surface area contributed by atoms with E-state index in [1.165, 1.54) is 17.3 Å². The van der Waals surface area contributed by atoms with Crippen LogP contribution in [0, 0.1) is 0 Å². The van der Waals surface area contributed by atoms with E-state index in [9.17, 15) is 0 Å². The maximum absolute atomic E-state index is 5.35. The summed E-state index contributed by atoms with van der Waals surface area (Å²) in [5.41, 5.74) is 5.35. The molecule has 0 radical (unpaired) electrons. The van der Waals surface area contributed by atoms with Crippen molar-refractivity contribution in [2.75, 3.05) is 6.54 Å². The molecule has 0 aromatic carbocycles. The van der Waals surface area contributed by atoms with Gasteiger partial charge in [0.25, 0.3) is 0 Å². The van der Waals surface area contributed by atoms with Crippen molar-refractivity contribution in [3.05, 3.63) is 0 Å². The van der Waals surface area contributed by atoms with Gasteiger partial charge in [-0.3, -0.25) is 0 Å². The van der Waals surface area contributed by atoms with E-state index < -0.39 is 13.9 Å². The van der Waals surface area contributed by atoms with Crippen LogP contribution in [0.1, 0.15) is 12.8 Å². The Bertz CT molecular complexity index is 71.8. The number of nitrogens with two attached hydrogens (primary N) is 1. The molecule has 0 saturated carbocycles. The van der Waals surface area contributed by atoms with Crippen LogP contribution in [0.3, 0.4) is 0 Å². The summed E-state index contributed by atoms with van der Waals surface area (Å²) in [5, 5.41) is 0. The molecule has 9 heavy (non-hydrogen) atoms. The van der Waals surface area contributed by atoms with Gasteiger partial charge >= 0.3 is 73.8 Å². The fraction of sp³-hybridized carbons (Fsp3) is 1.00. The molecule has 2 N–H and O–H groups in total. The van der Waals surface area contributed by atoms with Gasteiger partial charge in [0.05, 0.1) is 0 Å². The van der Waals surface area contributed by atoms with Gasteiger partial charge in [-0.05, 0) is 0 Å². The van der Waals surface area contributed by atoms with Gasteiger partial charge in [0.1, 0.15) is 0 Å². The fourth-order valence-corrected chi connectivity index (χ4v) is 6.83. The van der Waals surface area contributed by atoms with Gasteiger partial charge < -0.3 is 0 Å². The molecule has 0 aliphatic heterocycles. The Morgan fingerprint density at radius 1 is 1.33 bits per heavy atom. The van der Waals surface area contributed by atoms with Crippen molar-refractivity contribution in [2.45, 2.75) is 22.2 Å². The van der Waals surface area contributed by atoms with Crippen molar-refractivity contribution < 1.29 is 0 Å². The van der Waals surface area contributed by atoms with Crippen LogP contribution in [0.15, 0.2) is 0 Å². The van der Waals surface area contributed by atoms with Gasteiger partial charge in [0, 0.05) is 0 Å². The summed E-state index contributed by atoms with van der Waals surface area (Å²) in [7, 11) is 0. The number of halogens is 2. The monoisotopic (exact) mass is 365 g/mol. The third kappa shape index (κ3) is 9.72. The predicted molar refractivity (Wildman–Crippen MR) is 52.6 cm³/mol. The van der Waals surface area contributed by atoms with E-state index in [2.05, 4.69) is 30.3 Å². The molecule has 0 aromatic rings. The van der Waals surface area contributed by atoms with Crippen LogP contribution in [0.25, 0.3) is 0 Å². The Labute approximate surface area is 73.1 Å². The molecule has 0 atom stereocenters. The Morgan fingerprint density at radius 2 is 1.89 bits per heavy atom. The van der Waals surface area contributed by atoms with Crippen LogP contribution in [0.4, 0.5) is 0 Å². The first-order valence-corrected chi connectivity index (χ1v) is 20.8. The summed E-state index contributed by atoms with van der Waals surface area (Å²) in [4.78, 5) is 2.31. The summed E-state index contributed by atoms with van der Waals surface area (Å²) in [5.74, 6) is 0. The molecule has 0 bridgehead atoms. The molecule has 56 valence electrons. The molecule has 0 aliphatic rings. The Balaban J connectivity index is 3.07. The first-order valence-electron chi connectivity index (χ1n) is 3.14. The van der Waals surface area contributed by atoms with Gasteiger partial charge in [0.2, 0.25) is 0 Å². The van der Waals surface area contributed by atoms with E-state index in [-0.39, 0.29) is 0 Å². The van der Waals surface area contributed by atoms with E-state index in [0.717, 1.165) is 6.54 Å². The second kappa shape index (κ2) is 5.38. The number of rotatable bonds is 4. The zero-order chi connectivity index (χ0) is 7.33. The van der Waals surface area contributed by atoms with Crippen molar-refractivity contribution in [3.8, 4) is 0 Å². The quantitative estimate of drug-likeness (QED) is 0.601. The van der Waals surface area contributed by atoms with Crippen molar-refractivity contribution in [1.82, 2.24) is 0 Å². The number of unbranched alkanes of at least 4 members (excludes halogenated alkanes) is 1. The minimum atomic E-state index is -1.76. The molecule has 0 heterocycles. The van der Waals surface area contributed by atoms with E-state index in [4.69, 9.17) is 5.73 Å². The summed E-state index contributed by atoms with van der Waals surface area (Å²) in [6, 6.07) is 0. The molecule has 0 aliphatic carbocycles. The SMILES string of the molecule is [CH3][Sn]([Br])([Br])[CH2]CCCN. The molecule has 0 unspecified atom stereocenters. The standard InChI is InChI=1S/C4H10N.CH3.2BrH.Sn/c1-2-3-4-5;;;;/h1-5H2;1H3;2*1H;/q;;;;+2/p-2. The van der Waals surface area contributed by atoms with Crippen LogP contribution in [-0.2, 0) is 0 Å². The van der Waals surface area contributed by atoms with Crippen molar-refractivity contribution >= 4 is 39.3 Å². The number of hydrogen-bond acceptors (Lipinski definition) is 1. The molecule has 0 amide bonds. The van der Waals surface area contributed by atoms with Crippen LogP contribution >= 0.6 is 25.4 Å². The summed E-state index contributed by atoms with van der Waals surface area (Å²) < 4.78 is 1.34. The summed E-state index contributed by atoms with van der Waals surface area (Å²) >= 11 is 5.63. The van der Waals surface area contributed by atoms with Gasteiger partial charge in [-0.15, -0.1) is 0 Å². The minimum absolute atomic E-state index is 0.835. The van der Waals surface area contributed by atoms with Gasteiger partial charge in [-0.1, -0.05) is 0 Å². The average Bonchev–Trinajstić information content (AvgIpc) is 1.63. The third-order valence-corrected chi connectivity index (χ3v) is 9.90. The van der Waals surface area contributed by atoms with Crippen molar-refractivity contribution in [2.24, 2.45) is 5.73 Å². The fourth-order valence-electron chi connectivity index (χ4n) is 0.580. The van der Waals surface area contributed by atoms with Crippen LogP contribution in [-0.4, -0.2) is 20.5 Å². The van der Waals surface area contributed by atoms with E-state index in [0.29, 0.717) is 0 Å². The summed E-state index contributed by atoms with van der Waals surface area (Å²) in [6.45, 7) is 0.835. The van der Waals surface area contributed by atoms with Crippen molar-refractivity contribution in [1.29, 1.82) is 0 Å². The van der Waals surface area contributed by atoms with E-state index in [1.807, 2.05) is 0 Å². The van der Waals surface area contributed by atoms with Crippen LogP contribution in [0.5, 0.6) is 0 Å². The Hall–Kier alpha value is 1.72. The molecule has 0 rings (SSSR count). The Kier molecular flexibility index (Phi) is 6.41. The van der Waals surface area contributed by atoms with Crippen LogP contribution in [0.2, 0.25) is 9.38 Å². The molecule has 0 spiro atoms. The molecule has 0 saturated heterocycles. The second-order valence-electron chi connectivity index (χ2n) is 2.32. The van der Waals surface area contributed by atoms with Gasteiger partial charge in [0.15, 0.2) is 0 Å². The van der Waals surface area contributed by atoms with Gasteiger partial charge in [-0.2, -0.15) is 0 Å². The topological polar surface area (TPSA) is 26.0 Å². The Morgan fingerprint density at radius 3 is 2.22 bits per heavy atom. The zero-order valence-corrected chi connectivity index (χ0v) is 11.7. The first-order chi connectivity index (χ1) is 4.06.